The summed E-state index contributed by atoms with van der Waals surface area (Å²) in [6.07, 6.45) is 0. The zero-order chi connectivity index (χ0) is 14.3. The minimum atomic E-state index is -2.91. The van der Waals surface area contributed by atoms with Gasteiger partial charge in [-0.15, -0.1) is 0 Å². The predicted molar refractivity (Wildman–Crippen MR) is 84.2 cm³/mol. The van der Waals surface area contributed by atoms with E-state index in [1.165, 1.54) is 0 Å². The van der Waals surface area contributed by atoms with Crippen LogP contribution in [-0.2, 0) is 15.6 Å². The van der Waals surface area contributed by atoms with Gasteiger partial charge in [0.1, 0.15) is 0 Å². The summed E-state index contributed by atoms with van der Waals surface area (Å²) in [5, 5.41) is 1.67. The molecule has 4 nitrogen and oxygen atoms in total. The third kappa shape index (κ3) is 2.69. The van der Waals surface area contributed by atoms with Gasteiger partial charge in [-0.25, -0.2) is 8.42 Å². The second kappa shape index (κ2) is 5.24. The Morgan fingerprint density at radius 3 is 2.85 bits per heavy atom. The highest BCUT2D eigenvalue weighted by Crippen LogP contribution is 2.31. The minimum absolute atomic E-state index is 0.00810. The number of likely N-dealkylation sites (N-methyl/N-ethyl adjacent to an activating group) is 1. The lowest BCUT2D eigenvalue weighted by molar-refractivity contribution is 0.410. The van der Waals surface area contributed by atoms with Gasteiger partial charge < -0.3 is 4.90 Å². The molecule has 20 heavy (non-hydrogen) atoms. The van der Waals surface area contributed by atoms with Crippen LogP contribution in [0, 0.1) is 0 Å². The van der Waals surface area contributed by atoms with Crippen LogP contribution in [0.25, 0.3) is 0 Å². The maximum Gasteiger partial charge on any atom is 0.159 e. The van der Waals surface area contributed by atoms with Gasteiger partial charge in [0.05, 0.1) is 23.6 Å². The first-order chi connectivity index (χ1) is 9.46. The van der Waals surface area contributed by atoms with E-state index in [-0.39, 0.29) is 23.6 Å². The number of hydrogen-bond acceptors (Lipinski definition) is 5. The molecule has 3 rings (SSSR count). The number of thioether (sulfide) groups is 1. The predicted octanol–water partition coefficient (Wildman–Crippen LogP) is 2.04. The van der Waals surface area contributed by atoms with Gasteiger partial charge in [-0.05, 0) is 11.6 Å². The van der Waals surface area contributed by atoms with Crippen molar-refractivity contribution in [2.45, 2.75) is 17.8 Å². The Balaban J connectivity index is 1.69. The summed E-state index contributed by atoms with van der Waals surface area (Å²) in [5.41, 5.74) is 1.07. The molecule has 108 valence electrons. The Morgan fingerprint density at radius 2 is 2.15 bits per heavy atom. The Morgan fingerprint density at radius 1 is 1.40 bits per heavy atom. The molecule has 1 aromatic carbocycles. The normalized spacial score (nSPS) is 27.5. The van der Waals surface area contributed by atoms with Crippen molar-refractivity contribution in [3.8, 4) is 0 Å². The first kappa shape index (κ1) is 14.2. The first-order valence-corrected chi connectivity index (χ1v) is 9.52. The van der Waals surface area contributed by atoms with E-state index in [4.69, 9.17) is 11.6 Å². The smallest absolute Gasteiger partial charge is 0.159 e. The molecule has 7 heteroatoms. The number of rotatable bonds is 2. The Hall–Kier alpha value is -0.720. The quantitative estimate of drug-likeness (QED) is 0.832. The van der Waals surface area contributed by atoms with Crippen LogP contribution in [0.15, 0.2) is 29.3 Å². The molecule has 0 aromatic heterocycles. The fourth-order valence-corrected chi connectivity index (χ4v) is 5.86. The zero-order valence-electron chi connectivity index (χ0n) is 11.0. The molecule has 2 heterocycles. The van der Waals surface area contributed by atoms with Gasteiger partial charge in [-0.2, -0.15) is 0 Å². The van der Waals surface area contributed by atoms with Gasteiger partial charge in [-0.1, -0.05) is 41.6 Å². The lowest BCUT2D eigenvalue weighted by Crippen LogP contribution is -2.35. The van der Waals surface area contributed by atoms with E-state index in [0.29, 0.717) is 0 Å². The van der Waals surface area contributed by atoms with Crippen molar-refractivity contribution in [2.24, 2.45) is 4.99 Å². The van der Waals surface area contributed by atoms with E-state index in [9.17, 15) is 8.42 Å². The molecule has 1 aromatic rings. The fourth-order valence-electron chi connectivity index (χ4n) is 2.58. The first-order valence-electron chi connectivity index (χ1n) is 6.33. The molecule has 2 aliphatic rings. The average molecular weight is 331 g/mol. The third-order valence-electron chi connectivity index (χ3n) is 3.68. The molecule has 0 radical (unpaired) electrons. The van der Waals surface area contributed by atoms with E-state index in [2.05, 4.69) is 4.99 Å². The molecule has 0 saturated carbocycles. The van der Waals surface area contributed by atoms with E-state index in [0.717, 1.165) is 21.5 Å². The Kier molecular flexibility index (Phi) is 3.73. The number of sulfone groups is 1. The Bertz CT molecular complexity index is 660. The van der Waals surface area contributed by atoms with Crippen LogP contribution in [0.4, 0.5) is 0 Å². The number of aliphatic imine (C=N–C) groups is 1. The highest BCUT2D eigenvalue weighted by atomic mass is 35.5. The molecule has 0 amide bonds. The molecular weight excluding hydrogens is 316 g/mol. The highest BCUT2D eigenvalue weighted by molar-refractivity contribution is 8.13. The third-order valence-corrected chi connectivity index (χ3v) is 6.86. The largest absolute Gasteiger partial charge is 0.348 e. The van der Waals surface area contributed by atoms with Crippen LogP contribution in [0.5, 0.6) is 0 Å². The monoisotopic (exact) mass is 330 g/mol. The van der Waals surface area contributed by atoms with Crippen molar-refractivity contribution in [3.63, 3.8) is 0 Å². The summed E-state index contributed by atoms with van der Waals surface area (Å²) in [4.78, 5) is 6.55. The van der Waals surface area contributed by atoms with E-state index < -0.39 is 9.84 Å². The van der Waals surface area contributed by atoms with Crippen LogP contribution in [0.3, 0.4) is 0 Å². The molecule has 0 N–H and O–H groups in total. The van der Waals surface area contributed by atoms with Gasteiger partial charge in [0.15, 0.2) is 15.0 Å². The van der Waals surface area contributed by atoms with Crippen molar-refractivity contribution < 1.29 is 8.42 Å². The van der Waals surface area contributed by atoms with Gasteiger partial charge >= 0.3 is 0 Å². The lowest BCUT2D eigenvalue weighted by Gasteiger charge is -2.20. The number of benzene rings is 1. The van der Waals surface area contributed by atoms with Gasteiger partial charge in [-0.3, -0.25) is 4.99 Å². The van der Waals surface area contributed by atoms with Crippen LogP contribution in [0.2, 0.25) is 5.02 Å². The van der Waals surface area contributed by atoms with E-state index >= 15 is 0 Å². The van der Waals surface area contributed by atoms with Crippen molar-refractivity contribution >= 4 is 38.4 Å². The molecule has 2 aliphatic heterocycles. The molecular formula is C13H15ClN2O2S2. The summed E-state index contributed by atoms with van der Waals surface area (Å²) in [6, 6.07) is 7.65. The van der Waals surface area contributed by atoms with Crippen molar-refractivity contribution in [1.82, 2.24) is 4.90 Å². The number of halogens is 1. The second-order valence-electron chi connectivity index (χ2n) is 5.11. The van der Waals surface area contributed by atoms with Gasteiger partial charge in [0.25, 0.3) is 0 Å². The minimum Gasteiger partial charge on any atom is -0.348 e. The van der Waals surface area contributed by atoms with Crippen LogP contribution in [0.1, 0.15) is 5.56 Å². The van der Waals surface area contributed by atoms with E-state index in [1.807, 2.05) is 36.2 Å². The summed E-state index contributed by atoms with van der Waals surface area (Å²) in [5.74, 6) is 1.14. The SMILES string of the molecule is CN1C(SCc2ccccc2Cl)=N[C@H]2CS(=O)(=O)C[C@H]21. The molecule has 1 saturated heterocycles. The van der Waals surface area contributed by atoms with E-state index in [1.54, 1.807) is 11.8 Å². The molecule has 0 bridgehead atoms. The molecule has 0 unspecified atom stereocenters. The van der Waals surface area contributed by atoms with Crippen LogP contribution in [-0.4, -0.2) is 49.1 Å². The molecule has 0 spiro atoms. The summed E-state index contributed by atoms with van der Waals surface area (Å²) >= 11 is 7.75. The highest BCUT2D eigenvalue weighted by Gasteiger charge is 2.44. The summed E-state index contributed by atoms with van der Waals surface area (Å²) in [7, 11) is -0.994. The molecule has 2 atom stereocenters. The van der Waals surface area contributed by atoms with Crippen molar-refractivity contribution in [2.75, 3.05) is 18.6 Å². The lowest BCUT2D eigenvalue weighted by atomic mass is 10.2. The zero-order valence-corrected chi connectivity index (χ0v) is 13.4. The van der Waals surface area contributed by atoms with Gasteiger partial charge in [0.2, 0.25) is 0 Å². The topological polar surface area (TPSA) is 49.7 Å². The van der Waals surface area contributed by atoms with Gasteiger partial charge in [0, 0.05) is 17.8 Å². The second-order valence-corrected chi connectivity index (χ2v) is 8.62. The van der Waals surface area contributed by atoms with Crippen molar-refractivity contribution in [3.05, 3.63) is 34.9 Å². The molecule has 0 aliphatic carbocycles. The number of amidine groups is 1. The maximum atomic E-state index is 11.6. The maximum absolute atomic E-state index is 11.6. The number of nitrogens with zero attached hydrogens (tertiary/aromatic N) is 2. The Labute approximate surface area is 128 Å². The molecule has 1 fully saturated rings. The van der Waals surface area contributed by atoms with Crippen molar-refractivity contribution in [1.29, 1.82) is 0 Å². The summed E-state index contributed by atoms with van der Waals surface area (Å²) < 4.78 is 23.2. The fraction of sp³-hybridized carbons (Fsp3) is 0.462. The number of fused-ring (bicyclic) bond motifs is 1. The number of hydrogen-bond donors (Lipinski definition) is 0. The average Bonchev–Trinajstić information content (AvgIpc) is 2.83. The van der Waals surface area contributed by atoms with Crippen LogP contribution < -0.4 is 0 Å². The van der Waals surface area contributed by atoms with Crippen LogP contribution >= 0.6 is 23.4 Å². The summed E-state index contributed by atoms with van der Waals surface area (Å²) in [6.45, 7) is 0. The standard InChI is InChI=1S/C13H15ClN2O2S2/c1-16-12-8-20(17,18)7-11(12)15-13(16)19-6-9-4-2-3-5-10(9)14/h2-5,11-12H,6-8H2,1H3/t11-,12+/m0/s1.